The van der Waals surface area contributed by atoms with E-state index in [0.29, 0.717) is 16.6 Å². The molecule has 4 aromatic rings. The molecule has 2 aromatic carbocycles. The van der Waals surface area contributed by atoms with E-state index >= 15 is 0 Å². The Bertz CT molecular complexity index is 1110. The molecular formula is C21H18N2O2S2. The van der Waals surface area contributed by atoms with Crippen molar-refractivity contribution in [3.63, 3.8) is 0 Å². The SMILES string of the molecule is Cc1cccc(OCc2csc(C(=O)Nc3nc4ccc(C)cc4s3)c2)c1. The Labute approximate surface area is 165 Å². The third kappa shape index (κ3) is 4.18. The van der Waals surface area contributed by atoms with Crippen molar-refractivity contribution in [3.05, 3.63) is 75.5 Å². The van der Waals surface area contributed by atoms with Gasteiger partial charge in [-0.15, -0.1) is 11.3 Å². The van der Waals surface area contributed by atoms with Gasteiger partial charge >= 0.3 is 0 Å². The van der Waals surface area contributed by atoms with Crippen molar-refractivity contribution in [2.75, 3.05) is 5.32 Å². The molecule has 2 heterocycles. The zero-order chi connectivity index (χ0) is 18.8. The lowest BCUT2D eigenvalue weighted by Gasteiger charge is -2.05. The number of benzene rings is 2. The van der Waals surface area contributed by atoms with E-state index in [9.17, 15) is 4.79 Å². The number of nitrogens with zero attached hydrogens (tertiary/aromatic N) is 1. The smallest absolute Gasteiger partial charge is 0.267 e. The van der Waals surface area contributed by atoms with Crippen LogP contribution in [0.1, 0.15) is 26.4 Å². The number of carbonyl (C=O) groups excluding carboxylic acids is 1. The summed E-state index contributed by atoms with van der Waals surface area (Å²) >= 11 is 2.90. The van der Waals surface area contributed by atoms with E-state index in [1.165, 1.54) is 28.2 Å². The Kier molecular flexibility index (Phi) is 4.92. The van der Waals surface area contributed by atoms with Crippen LogP contribution in [0.15, 0.2) is 53.9 Å². The minimum atomic E-state index is -0.141. The van der Waals surface area contributed by atoms with Crippen LogP contribution in [0.4, 0.5) is 5.13 Å². The molecule has 0 fully saturated rings. The van der Waals surface area contributed by atoms with Gasteiger partial charge in [-0.2, -0.15) is 0 Å². The van der Waals surface area contributed by atoms with Crippen molar-refractivity contribution in [1.82, 2.24) is 4.98 Å². The molecule has 0 atom stereocenters. The molecular weight excluding hydrogens is 376 g/mol. The van der Waals surface area contributed by atoms with Crippen LogP contribution in [-0.2, 0) is 6.61 Å². The number of hydrogen-bond acceptors (Lipinski definition) is 5. The number of ether oxygens (including phenoxy) is 1. The molecule has 0 unspecified atom stereocenters. The second-order valence-electron chi connectivity index (χ2n) is 6.37. The summed E-state index contributed by atoms with van der Waals surface area (Å²) in [5.41, 5.74) is 4.22. The van der Waals surface area contributed by atoms with Crippen LogP contribution in [0, 0.1) is 13.8 Å². The zero-order valence-electron chi connectivity index (χ0n) is 15.0. The summed E-state index contributed by atoms with van der Waals surface area (Å²) in [7, 11) is 0. The standard InChI is InChI=1S/C21H18N2O2S2/c1-13-4-3-5-16(8-13)25-11-15-10-19(26-12-15)20(24)23-21-22-17-7-6-14(2)9-18(17)27-21/h3-10,12H,11H2,1-2H3,(H,22,23,24). The van der Waals surface area contributed by atoms with Gasteiger partial charge in [0.1, 0.15) is 12.4 Å². The second-order valence-corrected chi connectivity index (χ2v) is 8.31. The van der Waals surface area contributed by atoms with Gasteiger partial charge in [0.05, 0.1) is 15.1 Å². The molecule has 27 heavy (non-hydrogen) atoms. The molecule has 0 saturated carbocycles. The van der Waals surface area contributed by atoms with Crippen LogP contribution < -0.4 is 10.1 Å². The molecule has 0 spiro atoms. The highest BCUT2D eigenvalue weighted by Crippen LogP contribution is 2.27. The van der Waals surface area contributed by atoms with E-state index in [1.807, 2.05) is 61.7 Å². The minimum Gasteiger partial charge on any atom is -0.489 e. The van der Waals surface area contributed by atoms with Crippen molar-refractivity contribution in [1.29, 1.82) is 0 Å². The normalized spacial score (nSPS) is 10.9. The number of thiophene rings is 1. The predicted octanol–water partition coefficient (Wildman–Crippen LogP) is 5.81. The minimum absolute atomic E-state index is 0.141. The first kappa shape index (κ1) is 17.7. The summed E-state index contributed by atoms with van der Waals surface area (Å²) in [5, 5.41) is 5.47. The van der Waals surface area contributed by atoms with Gasteiger partial charge in [0.25, 0.3) is 5.91 Å². The molecule has 4 nitrogen and oxygen atoms in total. The Morgan fingerprint density at radius 1 is 1.11 bits per heavy atom. The lowest BCUT2D eigenvalue weighted by molar-refractivity contribution is 0.103. The van der Waals surface area contributed by atoms with Crippen LogP contribution in [0.25, 0.3) is 10.2 Å². The number of thiazole rings is 1. The first-order valence-electron chi connectivity index (χ1n) is 8.52. The van der Waals surface area contributed by atoms with Gasteiger partial charge in [0.15, 0.2) is 5.13 Å². The Hall–Kier alpha value is -2.70. The molecule has 4 rings (SSSR count). The van der Waals surface area contributed by atoms with E-state index < -0.39 is 0 Å². The number of nitrogens with one attached hydrogen (secondary N) is 1. The summed E-state index contributed by atoms with van der Waals surface area (Å²) in [6, 6.07) is 15.9. The number of aromatic nitrogens is 1. The number of carbonyl (C=O) groups is 1. The lowest BCUT2D eigenvalue weighted by atomic mass is 10.2. The van der Waals surface area contributed by atoms with E-state index in [4.69, 9.17) is 4.74 Å². The monoisotopic (exact) mass is 394 g/mol. The largest absolute Gasteiger partial charge is 0.489 e. The summed E-state index contributed by atoms with van der Waals surface area (Å²) in [5.74, 6) is 0.689. The molecule has 0 aliphatic rings. The van der Waals surface area contributed by atoms with Crippen LogP contribution in [-0.4, -0.2) is 10.9 Å². The third-order valence-electron chi connectivity index (χ3n) is 4.04. The average molecular weight is 395 g/mol. The lowest BCUT2D eigenvalue weighted by Crippen LogP contribution is -2.09. The van der Waals surface area contributed by atoms with E-state index in [-0.39, 0.29) is 5.91 Å². The van der Waals surface area contributed by atoms with Crippen LogP contribution >= 0.6 is 22.7 Å². The molecule has 1 N–H and O–H groups in total. The molecule has 0 aliphatic heterocycles. The second kappa shape index (κ2) is 7.50. The molecule has 1 amide bonds. The summed E-state index contributed by atoms with van der Waals surface area (Å²) in [6.45, 7) is 4.51. The maximum absolute atomic E-state index is 12.5. The number of rotatable bonds is 5. The van der Waals surface area contributed by atoms with Crippen molar-refractivity contribution in [2.24, 2.45) is 0 Å². The fourth-order valence-corrected chi connectivity index (χ4v) is 4.44. The number of fused-ring (bicyclic) bond motifs is 1. The Morgan fingerprint density at radius 3 is 2.81 bits per heavy atom. The first-order chi connectivity index (χ1) is 13.1. The zero-order valence-corrected chi connectivity index (χ0v) is 16.6. The summed E-state index contributed by atoms with van der Waals surface area (Å²) in [6.07, 6.45) is 0. The average Bonchev–Trinajstić information content (AvgIpc) is 3.26. The molecule has 6 heteroatoms. The fraction of sp³-hybridized carbons (Fsp3) is 0.143. The van der Waals surface area contributed by atoms with Crippen molar-refractivity contribution >= 4 is 43.9 Å². The molecule has 0 aliphatic carbocycles. The number of anilines is 1. The van der Waals surface area contributed by atoms with Crippen molar-refractivity contribution < 1.29 is 9.53 Å². The highest BCUT2D eigenvalue weighted by atomic mass is 32.1. The third-order valence-corrected chi connectivity index (χ3v) is 5.95. The van der Waals surface area contributed by atoms with Crippen LogP contribution in [0.3, 0.4) is 0 Å². The van der Waals surface area contributed by atoms with Gasteiger partial charge < -0.3 is 4.74 Å². The van der Waals surface area contributed by atoms with Crippen molar-refractivity contribution in [2.45, 2.75) is 20.5 Å². The van der Waals surface area contributed by atoms with Gasteiger partial charge in [-0.1, -0.05) is 29.5 Å². The van der Waals surface area contributed by atoms with E-state index in [2.05, 4.69) is 16.4 Å². The van der Waals surface area contributed by atoms with Gasteiger partial charge in [0.2, 0.25) is 0 Å². The van der Waals surface area contributed by atoms with Crippen LogP contribution in [0.5, 0.6) is 5.75 Å². The van der Waals surface area contributed by atoms with Crippen LogP contribution in [0.2, 0.25) is 0 Å². The maximum atomic E-state index is 12.5. The van der Waals surface area contributed by atoms with E-state index in [1.54, 1.807) is 0 Å². The topological polar surface area (TPSA) is 51.2 Å². The number of aryl methyl sites for hydroxylation is 2. The van der Waals surface area contributed by atoms with Gasteiger partial charge in [-0.05, 0) is 60.7 Å². The van der Waals surface area contributed by atoms with Gasteiger partial charge in [-0.3, -0.25) is 10.1 Å². The molecule has 136 valence electrons. The Morgan fingerprint density at radius 2 is 1.96 bits per heavy atom. The van der Waals surface area contributed by atoms with Gasteiger partial charge in [-0.25, -0.2) is 4.98 Å². The Balaban J connectivity index is 1.41. The predicted molar refractivity (Wildman–Crippen MR) is 112 cm³/mol. The van der Waals surface area contributed by atoms with Crippen molar-refractivity contribution in [3.8, 4) is 5.75 Å². The van der Waals surface area contributed by atoms with Gasteiger partial charge in [0, 0.05) is 5.56 Å². The first-order valence-corrected chi connectivity index (χ1v) is 10.2. The quantitative estimate of drug-likeness (QED) is 0.465. The number of amides is 1. The summed E-state index contributed by atoms with van der Waals surface area (Å²) in [4.78, 5) is 17.6. The summed E-state index contributed by atoms with van der Waals surface area (Å²) < 4.78 is 6.87. The molecule has 0 radical (unpaired) electrons. The maximum Gasteiger partial charge on any atom is 0.267 e. The molecule has 0 saturated heterocycles. The highest BCUT2D eigenvalue weighted by molar-refractivity contribution is 7.22. The highest BCUT2D eigenvalue weighted by Gasteiger charge is 2.13. The number of hydrogen-bond donors (Lipinski definition) is 1. The fourth-order valence-electron chi connectivity index (χ4n) is 2.69. The molecule has 2 aromatic heterocycles. The van der Waals surface area contributed by atoms with E-state index in [0.717, 1.165) is 27.1 Å². The molecule has 0 bridgehead atoms.